The number of nitrogen functional groups attached to an aromatic ring is 1. The molecular formula is C12H14ClN5O. The number of hydrogen-bond acceptors (Lipinski definition) is 4. The van der Waals surface area contributed by atoms with Gasteiger partial charge >= 0.3 is 0 Å². The van der Waals surface area contributed by atoms with Gasteiger partial charge in [-0.15, -0.1) is 0 Å². The lowest BCUT2D eigenvalue weighted by Gasteiger charge is -2.17. The standard InChI is InChI=1S/C12H14ClN5O/c1-17(6-8-4-16-18(2)7-8)12(19)9-3-11(14)15-5-10(9)13/h3-5,7H,6H2,1-2H3,(H2,14,15). The highest BCUT2D eigenvalue weighted by Gasteiger charge is 2.16. The van der Waals surface area contributed by atoms with E-state index < -0.39 is 0 Å². The Morgan fingerprint density at radius 2 is 2.26 bits per heavy atom. The number of aryl methyl sites for hydroxylation is 1. The van der Waals surface area contributed by atoms with Gasteiger partial charge in [0.25, 0.3) is 5.91 Å². The van der Waals surface area contributed by atoms with Crippen LogP contribution in [-0.4, -0.2) is 32.6 Å². The van der Waals surface area contributed by atoms with Gasteiger partial charge in [0.1, 0.15) is 5.82 Å². The van der Waals surface area contributed by atoms with Crippen molar-refractivity contribution >= 4 is 23.3 Å². The molecule has 2 heterocycles. The molecule has 19 heavy (non-hydrogen) atoms. The molecule has 2 N–H and O–H groups in total. The van der Waals surface area contributed by atoms with Crippen LogP contribution in [0.1, 0.15) is 15.9 Å². The summed E-state index contributed by atoms with van der Waals surface area (Å²) in [5, 5.41) is 4.35. The van der Waals surface area contributed by atoms with Crippen LogP contribution in [0.3, 0.4) is 0 Å². The summed E-state index contributed by atoms with van der Waals surface area (Å²) < 4.78 is 1.69. The first-order valence-corrected chi connectivity index (χ1v) is 5.99. The third kappa shape index (κ3) is 3.03. The van der Waals surface area contributed by atoms with Crippen LogP contribution in [0, 0.1) is 0 Å². The van der Waals surface area contributed by atoms with Gasteiger partial charge in [-0.1, -0.05) is 11.6 Å². The van der Waals surface area contributed by atoms with E-state index >= 15 is 0 Å². The number of carbonyl (C=O) groups excluding carboxylic acids is 1. The molecule has 6 nitrogen and oxygen atoms in total. The van der Waals surface area contributed by atoms with Gasteiger partial charge in [-0.3, -0.25) is 9.48 Å². The molecule has 0 unspecified atom stereocenters. The largest absolute Gasteiger partial charge is 0.384 e. The highest BCUT2D eigenvalue weighted by atomic mass is 35.5. The van der Waals surface area contributed by atoms with Crippen molar-refractivity contribution in [3.8, 4) is 0 Å². The van der Waals surface area contributed by atoms with Gasteiger partial charge in [-0.05, 0) is 6.07 Å². The second kappa shape index (κ2) is 5.27. The maximum Gasteiger partial charge on any atom is 0.255 e. The average Bonchev–Trinajstić information content (AvgIpc) is 2.77. The van der Waals surface area contributed by atoms with Crippen LogP contribution in [0.25, 0.3) is 0 Å². The quantitative estimate of drug-likeness (QED) is 0.919. The third-order valence-electron chi connectivity index (χ3n) is 2.63. The van der Waals surface area contributed by atoms with E-state index in [-0.39, 0.29) is 16.7 Å². The SMILES string of the molecule is CN(Cc1cnn(C)c1)C(=O)c1cc(N)ncc1Cl. The number of halogens is 1. The first kappa shape index (κ1) is 13.4. The molecule has 0 aliphatic heterocycles. The topological polar surface area (TPSA) is 77.0 Å². The normalized spacial score (nSPS) is 10.5. The molecular weight excluding hydrogens is 266 g/mol. The van der Waals surface area contributed by atoms with Gasteiger partial charge < -0.3 is 10.6 Å². The van der Waals surface area contributed by atoms with E-state index in [1.54, 1.807) is 22.8 Å². The number of nitrogens with two attached hydrogens (primary N) is 1. The van der Waals surface area contributed by atoms with Crippen LogP contribution < -0.4 is 5.73 Å². The minimum absolute atomic E-state index is 0.206. The van der Waals surface area contributed by atoms with Gasteiger partial charge in [0.15, 0.2) is 0 Å². The van der Waals surface area contributed by atoms with E-state index in [1.807, 2.05) is 13.2 Å². The molecule has 0 aliphatic rings. The lowest BCUT2D eigenvalue weighted by molar-refractivity contribution is 0.0785. The number of amides is 1. The van der Waals surface area contributed by atoms with Crippen LogP contribution in [0.15, 0.2) is 24.7 Å². The van der Waals surface area contributed by atoms with E-state index in [4.69, 9.17) is 17.3 Å². The molecule has 0 saturated heterocycles. The predicted molar refractivity (Wildman–Crippen MR) is 72.7 cm³/mol. The molecule has 0 atom stereocenters. The number of nitrogens with zero attached hydrogens (tertiary/aromatic N) is 4. The lowest BCUT2D eigenvalue weighted by Crippen LogP contribution is -2.26. The molecule has 2 aromatic heterocycles. The zero-order valence-corrected chi connectivity index (χ0v) is 11.4. The summed E-state index contributed by atoms with van der Waals surface area (Å²) >= 11 is 5.96. The Bertz CT molecular complexity index is 610. The van der Waals surface area contributed by atoms with Crippen molar-refractivity contribution < 1.29 is 4.79 Å². The molecule has 0 radical (unpaired) electrons. The number of pyridine rings is 1. The molecule has 0 aromatic carbocycles. The van der Waals surface area contributed by atoms with Crippen LogP contribution in [0.4, 0.5) is 5.82 Å². The van der Waals surface area contributed by atoms with Crippen LogP contribution in [0.5, 0.6) is 0 Å². The van der Waals surface area contributed by atoms with Gasteiger partial charge in [0.2, 0.25) is 0 Å². The minimum Gasteiger partial charge on any atom is -0.384 e. The fraction of sp³-hybridized carbons (Fsp3) is 0.250. The Kier molecular flexibility index (Phi) is 3.71. The van der Waals surface area contributed by atoms with Crippen molar-refractivity contribution in [3.05, 3.63) is 40.8 Å². The maximum atomic E-state index is 12.3. The molecule has 1 amide bonds. The molecule has 100 valence electrons. The first-order chi connectivity index (χ1) is 8.97. The molecule has 0 saturated carbocycles. The summed E-state index contributed by atoms with van der Waals surface area (Å²) in [4.78, 5) is 17.6. The van der Waals surface area contributed by atoms with Crippen molar-refractivity contribution in [2.45, 2.75) is 6.54 Å². The molecule has 7 heteroatoms. The highest BCUT2D eigenvalue weighted by Crippen LogP contribution is 2.18. The Morgan fingerprint density at radius 3 is 2.89 bits per heavy atom. The Balaban J connectivity index is 2.16. The average molecular weight is 280 g/mol. The fourth-order valence-corrected chi connectivity index (χ4v) is 1.91. The van der Waals surface area contributed by atoms with Gasteiger partial charge in [-0.25, -0.2) is 4.98 Å². The summed E-state index contributed by atoms with van der Waals surface area (Å²) in [5.74, 6) is 0.0606. The molecule has 0 spiro atoms. The second-order valence-corrected chi connectivity index (χ2v) is 4.68. The zero-order chi connectivity index (χ0) is 14.0. The van der Waals surface area contributed by atoms with E-state index in [1.165, 1.54) is 12.3 Å². The number of anilines is 1. The monoisotopic (exact) mass is 279 g/mol. The Labute approximate surface area is 115 Å². The summed E-state index contributed by atoms with van der Waals surface area (Å²) in [6, 6.07) is 1.48. The van der Waals surface area contributed by atoms with Gasteiger partial charge in [0, 0.05) is 38.6 Å². The van der Waals surface area contributed by atoms with Gasteiger partial charge in [0.05, 0.1) is 16.8 Å². The Hall–Kier alpha value is -2.08. The minimum atomic E-state index is -0.206. The summed E-state index contributed by atoms with van der Waals surface area (Å²) in [6.45, 7) is 0.450. The highest BCUT2D eigenvalue weighted by molar-refractivity contribution is 6.33. The summed E-state index contributed by atoms with van der Waals surface area (Å²) in [5.41, 5.74) is 6.86. The molecule has 0 aliphatic carbocycles. The second-order valence-electron chi connectivity index (χ2n) is 4.27. The predicted octanol–water partition coefficient (Wildman–Crippen LogP) is 1.32. The molecule has 0 bridgehead atoms. The van der Waals surface area contributed by atoms with E-state index in [2.05, 4.69) is 10.1 Å². The van der Waals surface area contributed by atoms with E-state index in [9.17, 15) is 4.79 Å². The van der Waals surface area contributed by atoms with Crippen molar-refractivity contribution in [3.63, 3.8) is 0 Å². The van der Waals surface area contributed by atoms with Crippen LogP contribution in [0.2, 0.25) is 5.02 Å². The number of carbonyl (C=O) groups is 1. The number of aromatic nitrogens is 3. The molecule has 2 aromatic rings. The van der Waals surface area contributed by atoms with Crippen molar-refractivity contribution in [2.24, 2.45) is 7.05 Å². The maximum absolute atomic E-state index is 12.3. The Morgan fingerprint density at radius 1 is 1.53 bits per heavy atom. The molecule has 2 rings (SSSR count). The fourth-order valence-electron chi connectivity index (χ4n) is 1.72. The first-order valence-electron chi connectivity index (χ1n) is 5.61. The number of hydrogen-bond donors (Lipinski definition) is 1. The third-order valence-corrected chi connectivity index (χ3v) is 2.93. The van der Waals surface area contributed by atoms with Crippen molar-refractivity contribution in [1.29, 1.82) is 0 Å². The zero-order valence-electron chi connectivity index (χ0n) is 10.7. The lowest BCUT2D eigenvalue weighted by atomic mass is 10.2. The van der Waals surface area contributed by atoms with Crippen LogP contribution in [-0.2, 0) is 13.6 Å². The summed E-state index contributed by atoms with van der Waals surface area (Å²) in [7, 11) is 3.52. The van der Waals surface area contributed by atoms with Gasteiger partial charge in [-0.2, -0.15) is 5.10 Å². The summed E-state index contributed by atoms with van der Waals surface area (Å²) in [6.07, 6.45) is 4.95. The smallest absolute Gasteiger partial charge is 0.255 e. The van der Waals surface area contributed by atoms with Crippen LogP contribution >= 0.6 is 11.6 Å². The van der Waals surface area contributed by atoms with Crippen molar-refractivity contribution in [2.75, 3.05) is 12.8 Å². The van der Waals surface area contributed by atoms with Crippen molar-refractivity contribution in [1.82, 2.24) is 19.7 Å². The molecule has 0 fully saturated rings. The van der Waals surface area contributed by atoms with E-state index in [0.717, 1.165) is 5.56 Å². The van der Waals surface area contributed by atoms with E-state index in [0.29, 0.717) is 12.1 Å². The number of rotatable bonds is 3.